The molecule has 0 radical (unpaired) electrons. The van der Waals surface area contributed by atoms with Crippen LogP contribution in [0.1, 0.15) is 34.1 Å². The van der Waals surface area contributed by atoms with Gasteiger partial charge in [0.2, 0.25) is 0 Å². The summed E-state index contributed by atoms with van der Waals surface area (Å²) < 4.78 is 5.98. The molecule has 26 heavy (non-hydrogen) atoms. The zero-order chi connectivity index (χ0) is 18.1. The molecule has 2 amide bonds. The second kappa shape index (κ2) is 6.61. The minimum atomic E-state index is -0.335. The molecule has 5 heteroatoms. The molecule has 0 saturated heterocycles. The van der Waals surface area contributed by atoms with Crippen molar-refractivity contribution in [3.05, 3.63) is 71.8 Å². The number of hydrazine groups is 1. The fourth-order valence-electron chi connectivity index (χ4n) is 3.14. The van der Waals surface area contributed by atoms with E-state index >= 15 is 0 Å². The van der Waals surface area contributed by atoms with E-state index in [-0.39, 0.29) is 11.8 Å². The Balaban J connectivity index is 1.83. The molecule has 0 aromatic heterocycles. The van der Waals surface area contributed by atoms with Crippen molar-refractivity contribution in [3.63, 3.8) is 0 Å². The highest BCUT2D eigenvalue weighted by molar-refractivity contribution is 6.25. The van der Waals surface area contributed by atoms with E-state index in [1.165, 1.54) is 0 Å². The number of para-hydroxylation sites is 1. The maximum atomic E-state index is 12.8. The molecule has 0 spiro atoms. The zero-order valence-corrected chi connectivity index (χ0v) is 14.4. The van der Waals surface area contributed by atoms with Crippen molar-refractivity contribution in [3.8, 4) is 11.5 Å². The standard InChI is InChI=1S/C21H18N2O3/c1-2-13-22-23-20(24)16-10-6-9-15-18(26-14-7-4-3-5-8-14)12-11-17(19(15)16)21(23)25/h3-12,22H,2,13H2,1H3. The topological polar surface area (TPSA) is 58.6 Å². The van der Waals surface area contributed by atoms with Gasteiger partial charge in [0, 0.05) is 17.3 Å². The second-order valence-corrected chi connectivity index (χ2v) is 6.11. The maximum Gasteiger partial charge on any atom is 0.275 e. The van der Waals surface area contributed by atoms with Crippen molar-refractivity contribution in [1.82, 2.24) is 10.4 Å². The minimum Gasteiger partial charge on any atom is -0.457 e. The lowest BCUT2D eigenvalue weighted by Crippen LogP contribution is -2.49. The number of benzene rings is 3. The van der Waals surface area contributed by atoms with Gasteiger partial charge < -0.3 is 4.74 Å². The number of nitrogens with one attached hydrogen (secondary N) is 1. The summed E-state index contributed by atoms with van der Waals surface area (Å²) in [6.45, 7) is 2.53. The lowest BCUT2D eigenvalue weighted by atomic mass is 9.94. The van der Waals surface area contributed by atoms with Gasteiger partial charge in [0.05, 0.1) is 11.1 Å². The van der Waals surface area contributed by atoms with E-state index in [1.807, 2.05) is 49.4 Å². The predicted octanol–water partition coefficient (Wildman–Crippen LogP) is 4.14. The molecular formula is C21H18N2O3. The third-order valence-corrected chi connectivity index (χ3v) is 4.36. The van der Waals surface area contributed by atoms with Crippen LogP contribution in [-0.4, -0.2) is 23.4 Å². The first-order chi connectivity index (χ1) is 12.7. The first-order valence-corrected chi connectivity index (χ1v) is 8.61. The molecule has 3 aromatic carbocycles. The molecule has 1 heterocycles. The lowest BCUT2D eigenvalue weighted by Gasteiger charge is -2.27. The van der Waals surface area contributed by atoms with Crippen LogP contribution in [0, 0.1) is 0 Å². The average Bonchev–Trinajstić information content (AvgIpc) is 2.67. The zero-order valence-electron chi connectivity index (χ0n) is 14.4. The summed E-state index contributed by atoms with van der Waals surface area (Å²) in [7, 11) is 0. The molecule has 0 atom stereocenters. The van der Waals surface area contributed by atoms with E-state index in [9.17, 15) is 9.59 Å². The van der Waals surface area contributed by atoms with Crippen molar-refractivity contribution in [2.75, 3.05) is 6.54 Å². The molecular weight excluding hydrogens is 328 g/mol. The van der Waals surface area contributed by atoms with Crippen LogP contribution in [0.2, 0.25) is 0 Å². The molecule has 0 saturated carbocycles. The molecule has 4 rings (SSSR count). The van der Waals surface area contributed by atoms with Crippen LogP contribution in [0.4, 0.5) is 0 Å². The van der Waals surface area contributed by atoms with Crippen LogP contribution in [0.5, 0.6) is 11.5 Å². The van der Waals surface area contributed by atoms with Gasteiger partial charge in [-0.2, -0.15) is 0 Å². The summed E-state index contributed by atoms with van der Waals surface area (Å²) in [5.74, 6) is 0.650. The Kier molecular flexibility index (Phi) is 4.14. The molecule has 0 fully saturated rings. The van der Waals surface area contributed by atoms with E-state index in [0.29, 0.717) is 34.6 Å². The van der Waals surface area contributed by atoms with Gasteiger partial charge in [0.15, 0.2) is 0 Å². The first kappa shape index (κ1) is 16.3. The maximum absolute atomic E-state index is 12.8. The van der Waals surface area contributed by atoms with Gasteiger partial charge in [-0.15, -0.1) is 0 Å². The number of nitrogens with zero attached hydrogens (tertiary/aromatic N) is 1. The van der Waals surface area contributed by atoms with E-state index in [0.717, 1.165) is 16.8 Å². The van der Waals surface area contributed by atoms with Crippen LogP contribution < -0.4 is 10.2 Å². The Morgan fingerprint density at radius 1 is 0.885 bits per heavy atom. The van der Waals surface area contributed by atoms with E-state index < -0.39 is 0 Å². The average molecular weight is 346 g/mol. The SMILES string of the molecule is CCCNN1C(=O)c2cccc3c(Oc4ccccc4)ccc(c23)C1=O. The number of imide groups is 1. The largest absolute Gasteiger partial charge is 0.457 e. The molecule has 0 unspecified atom stereocenters. The van der Waals surface area contributed by atoms with Crippen molar-refractivity contribution in [2.24, 2.45) is 0 Å². The smallest absolute Gasteiger partial charge is 0.275 e. The van der Waals surface area contributed by atoms with Gasteiger partial charge in [-0.1, -0.05) is 37.3 Å². The number of carbonyl (C=O) groups excluding carboxylic acids is 2. The number of hydrogen-bond donors (Lipinski definition) is 1. The Bertz CT molecular complexity index is 977. The van der Waals surface area contributed by atoms with Crippen LogP contribution in [-0.2, 0) is 0 Å². The van der Waals surface area contributed by atoms with Gasteiger partial charge in [-0.3, -0.25) is 9.59 Å². The summed E-state index contributed by atoms with van der Waals surface area (Å²) in [6.07, 6.45) is 0.817. The number of ether oxygens (including phenoxy) is 1. The Morgan fingerprint density at radius 2 is 1.62 bits per heavy atom. The van der Waals surface area contributed by atoms with Crippen LogP contribution in [0.25, 0.3) is 10.8 Å². The molecule has 3 aromatic rings. The molecule has 1 aliphatic heterocycles. The van der Waals surface area contributed by atoms with Crippen molar-refractivity contribution in [1.29, 1.82) is 0 Å². The highest BCUT2D eigenvalue weighted by Gasteiger charge is 2.33. The third kappa shape index (κ3) is 2.62. The summed E-state index contributed by atoms with van der Waals surface area (Å²) in [5, 5.41) is 2.50. The first-order valence-electron chi connectivity index (χ1n) is 8.61. The molecule has 0 aliphatic carbocycles. The molecule has 1 aliphatic rings. The summed E-state index contributed by atoms with van der Waals surface area (Å²) in [6, 6.07) is 18.4. The second-order valence-electron chi connectivity index (χ2n) is 6.11. The van der Waals surface area contributed by atoms with Crippen LogP contribution in [0.15, 0.2) is 60.7 Å². The highest BCUT2D eigenvalue weighted by atomic mass is 16.5. The van der Waals surface area contributed by atoms with E-state index in [2.05, 4.69) is 5.43 Å². The number of amides is 2. The fraction of sp³-hybridized carbons (Fsp3) is 0.143. The van der Waals surface area contributed by atoms with Crippen molar-refractivity contribution < 1.29 is 14.3 Å². The molecule has 130 valence electrons. The van der Waals surface area contributed by atoms with Crippen LogP contribution in [0.3, 0.4) is 0 Å². The summed E-state index contributed by atoms with van der Waals surface area (Å²) >= 11 is 0. The van der Waals surface area contributed by atoms with Crippen molar-refractivity contribution >= 4 is 22.6 Å². The van der Waals surface area contributed by atoms with Gasteiger partial charge in [-0.05, 0) is 36.8 Å². The number of carbonyl (C=O) groups is 2. The Labute approximate surface area is 151 Å². The highest BCUT2D eigenvalue weighted by Crippen LogP contribution is 2.36. The third-order valence-electron chi connectivity index (χ3n) is 4.36. The van der Waals surface area contributed by atoms with Gasteiger partial charge in [0.25, 0.3) is 11.8 Å². The fourth-order valence-corrected chi connectivity index (χ4v) is 3.14. The lowest BCUT2D eigenvalue weighted by molar-refractivity contribution is 0.0521. The predicted molar refractivity (Wildman–Crippen MR) is 99.3 cm³/mol. The Hall–Kier alpha value is -3.18. The van der Waals surface area contributed by atoms with Crippen molar-refractivity contribution in [2.45, 2.75) is 13.3 Å². The molecule has 5 nitrogen and oxygen atoms in total. The number of rotatable bonds is 5. The van der Waals surface area contributed by atoms with E-state index in [1.54, 1.807) is 18.2 Å². The Morgan fingerprint density at radius 3 is 2.35 bits per heavy atom. The van der Waals surface area contributed by atoms with E-state index in [4.69, 9.17) is 4.74 Å². The summed E-state index contributed by atoms with van der Waals surface area (Å²) in [4.78, 5) is 25.6. The molecule has 1 N–H and O–H groups in total. The number of hydrogen-bond acceptors (Lipinski definition) is 4. The van der Waals surface area contributed by atoms with Gasteiger partial charge >= 0.3 is 0 Å². The minimum absolute atomic E-state index is 0.335. The quantitative estimate of drug-likeness (QED) is 0.705. The molecule has 0 bridgehead atoms. The van der Waals surface area contributed by atoms with Gasteiger partial charge in [0.1, 0.15) is 11.5 Å². The monoisotopic (exact) mass is 346 g/mol. The van der Waals surface area contributed by atoms with Gasteiger partial charge in [-0.25, -0.2) is 10.4 Å². The summed E-state index contributed by atoms with van der Waals surface area (Å²) in [5.41, 5.74) is 3.91. The normalized spacial score (nSPS) is 13.3. The van der Waals surface area contributed by atoms with Crippen LogP contribution >= 0.6 is 0 Å².